The molecule has 0 aliphatic carbocycles. The highest BCUT2D eigenvalue weighted by atomic mass is 15.2. The summed E-state index contributed by atoms with van der Waals surface area (Å²) in [5.41, 5.74) is 2.38. The van der Waals surface area contributed by atoms with Crippen LogP contribution in [0.4, 0.5) is 0 Å². The molecule has 0 atom stereocenters. The van der Waals surface area contributed by atoms with E-state index in [4.69, 9.17) is 0 Å². The maximum atomic E-state index is 4.25. The van der Waals surface area contributed by atoms with Gasteiger partial charge in [0.25, 0.3) is 0 Å². The van der Waals surface area contributed by atoms with Gasteiger partial charge in [-0.2, -0.15) is 5.10 Å². The van der Waals surface area contributed by atoms with E-state index in [1.54, 1.807) is 6.20 Å². The molecule has 0 fully saturated rings. The molecule has 86 valence electrons. The van der Waals surface area contributed by atoms with Crippen LogP contribution in [0.1, 0.15) is 39.2 Å². The molecule has 0 amide bonds. The first-order valence-electron chi connectivity index (χ1n) is 5.90. The average Bonchev–Trinajstić information content (AvgIpc) is 2.57. The summed E-state index contributed by atoms with van der Waals surface area (Å²) in [6, 6.07) is 2.06. The Bertz CT molecular complexity index is 483. The third-order valence-electron chi connectivity index (χ3n) is 2.76. The topological polar surface area (TPSA) is 30.7 Å². The maximum Gasteiger partial charge on any atom is 0.162 e. The van der Waals surface area contributed by atoms with Gasteiger partial charge in [-0.1, -0.05) is 27.7 Å². The SMILES string of the molecule is CC(C)Cn1cc(C(C)C)c2ccnnc21. The lowest BCUT2D eigenvalue weighted by molar-refractivity contribution is 0.530. The molecule has 3 heteroatoms. The Labute approximate surface area is 96.5 Å². The minimum Gasteiger partial charge on any atom is -0.330 e. The Morgan fingerprint density at radius 1 is 1.25 bits per heavy atom. The van der Waals surface area contributed by atoms with Gasteiger partial charge in [0, 0.05) is 18.1 Å². The molecule has 0 saturated carbocycles. The van der Waals surface area contributed by atoms with Gasteiger partial charge < -0.3 is 4.57 Å². The molecule has 0 aromatic carbocycles. The minimum absolute atomic E-state index is 0.528. The molecule has 0 aliphatic rings. The van der Waals surface area contributed by atoms with E-state index in [0.29, 0.717) is 11.8 Å². The Kier molecular flexibility index (Phi) is 2.95. The molecule has 0 saturated heterocycles. The van der Waals surface area contributed by atoms with Crippen LogP contribution in [0.15, 0.2) is 18.5 Å². The van der Waals surface area contributed by atoms with Crippen LogP contribution in [-0.2, 0) is 6.54 Å². The molecule has 0 spiro atoms. The molecule has 2 aromatic heterocycles. The summed E-state index contributed by atoms with van der Waals surface area (Å²) in [6.45, 7) is 9.88. The minimum atomic E-state index is 0.528. The molecule has 0 unspecified atom stereocenters. The standard InChI is InChI=1S/C13H19N3/c1-9(2)7-16-8-12(10(3)4)11-5-6-14-15-13(11)16/h5-6,8-10H,7H2,1-4H3. The first-order valence-corrected chi connectivity index (χ1v) is 5.90. The summed E-state index contributed by atoms with van der Waals surface area (Å²) in [4.78, 5) is 0. The summed E-state index contributed by atoms with van der Waals surface area (Å²) < 4.78 is 2.22. The van der Waals surface area contributed by atoms with Crippen molar-refractivity contribution < 1.29 is 0 Å². The number of nitrogens with zero attached hydrogens (tertiary/aromatic N) is 3. The van der Waals surface area contributed by atoms with Gasteiger partial charge >= 0.3 is 0 Å². The van der Waals surface area contributed by atoms with Crippen molar-refractivity contribution in [1.82, 2.24) is 14.8 Å². The summed E-state index contributed by atoms with van der Waals surface area (Å²) in [6.07, 6.45) is 4.00. The quantitative estimate of drug-likeness (QED) is 0.790. The van der Waals surface area contributed by atoms with Crippen LogP contribution in [0, 0.1) is 5.92 Å². The van der Waals surface area contributed by atoms with Crippen molar-refractivity contribution in [2.45, 2.75) is 40.2 Å². The van der Waals surface area contributed by atoms with Crippen molar-refractivity contribution in [2.75, 3.05) is 0 Å². The zero-order chi connectivity index (χ0) is 11.7. The number of fused-ring (bicyclic) bond motifs is 1. The Morgan fingerprint density at radius 3 is 2.62 bits per heavy atom. The average molecular weight is 217 g/mol. The monoisotopic (exact) mass is 217 g/mol. The van der Waals surface area contributed by atoms with Gasteiger partial charge in [0.15, 0.2) is 5.65 Å². The van der Waals surface area contributed by atoms with Crippen LogP contribution in [0.3, 0.4) is 0 Å². The molecule has 0 bridgehead atoms. The molecule has 0 N–H and O–H groups in total. The predicted octanol–water partition coefficient (Wildman–Crippen LogP) is 3.21. The fourth-order valence-electron chi connectivity index (χ4n) is 2.05. The highest BCUT2D eigenvalue weighted by molar-refractivity contribution is 5.80. The van der Waals surface area contributed by atoms with Crippen molar-refractivity contribution in [2.24, 2.45) is 5.92 Å². The summed E-state index contributed by atoms with van der Waals surface area (Å²) in [5.74, 6) is 1.15. The second-order valence-corrected chi connectivity index (χ2v) is 5.05. The van der Waals surface area contributed by atoms with E-state index in [9.17, 15) is 0 Å². The van der Waals surface area contributed by atoms with Crippen molar-refractivity contribution >= 4 is 11.0 Å². The van der Waals surface area contributed by atoms with Crippen LogP contribution in [0.2, 0.25) is 0 Å². The lowest BCUT2D eigenvalue weighted by Gasteiger charge is -2.06. The lowest BCUT2D eigenvalue weighted by atomic mass is 10.0. The fourth-order valence-corrected chi connectivity index (χ4v) is 2.05. The lowest BCUT2D eigenvalue weighted by Crippen LogP contribution is -2.03. The molecule has 2 rings (SSSR count). The van der Waals surface area contributed by atoms with Crippen molar-refractivity contribution in [1.29, 1.82) is 0 Å². The van der Waals surface area contributed by atoms with E-state index >= 15 is 0 Å². The van der Waals surface area contributed by atoms with Crippen molar-refractivity contribution in [3.63, 3.8) is 0 Å². The van der Waals surface area contributed by atoms with Gasteiger partial charge in [-0.05, 0) is 23.5 Å². The predicted molar refractivity (Wildman–Crippen MR) is 66.5 cm³/mol. The number of hydrogen-bond acceptors (Lipinski definition) is 2. The Balaban J connectivity index is 2.57. The number of aromatic nitrogens is 3. The van der Waals surface area contributed by atoms with Gasteiger partial charge in [-0.3, -0.25) is 0 Å². The van der Waals surface area contributed by atoms with E-state index in [-0.39, 0.29) is 0 Å². The zero-order valence-corrected chi connectivity index (χ0v) is 10.4. The third kappa shape index (κ3) is 1.94. The summed E-state index contributed by atoms with van der Waals surface area (Å²) >= 11 is 0. The van der Waals surface area contributed by atoms with E-state index in [0.717, 1.165) is 12.2 Å². The third-order valence-corrected chi connectivity index (χ3v) is 2.76. The van der Waals surface area contributed by atoms with Gasteiger partial charge in [0.05, 0.1) is 6.20 Å². The van der Waals surface area contributed by atoms with Crippen LogP contribution in [0.5, 0.6) is 0 Å². The molecule has 2 heterocycles. The zero-order valence-electron chi connectivity index (χ0n) is 10.4. The molecule has 16 heavy (non-hydrogen) atoms. The summed E-state index contributed by atoms with van der Waals surface area (Å²) in [5, 5.41) is 9.47. The second-order valence-electron chi connectivity index (χ2n) is 5.05. The smallest absolute Gasteiger partial charge is 0.162 e. The normalized spacial score (nSPS) is 11.9. The van der Waals surface area contributed by atoms with Crippen LogP contribution < -0.4 is 0 Å². The molecular weight excluding hydrogens is 198 g/mol. The largest absolute Gasteiger partial charge is 0.330 e. The van der Waals surface area contributed by atoms with Gasteiger partial charge in [0.1, 0.15) is 0 Å². The van der Waals surface area contributed by atoms with E-state index in [2.05, 4.69) is 54.7 Å². The van der Waals surface area contributed by atoms with Crippen LogP contribution in [0.25, 0.3) is 11.0 Å². The molecule has 2 aromatic rings. The highest BCUT2D eigenvalue weighted by Gasteiger charge is 2.12. The summed E-state index contributed by atoms with van der Waals surface area (Å²) in [7, 11) is 0. The molecular formula is C13H19N3. The highest BCUT2D eigenvalue weighted by Crippen LogP contribution is 2.26. The number of hydrogen-bond donors (Lipinski definition) is 0. The van der Waals surface area contributed by atoms with Gasteiger partial charge in [-0.25, -0.2) is 0 Å². The van der Waals surface area contributed by atoms with Gasteiger partial charge in [0.2, 0.25) is 0 Å². The van der Waals surface area contributed by atoms with Crippen LogP contribution >= 0.6 is 0 Å². The van der Waals surface area contributed by atoms with Gasteiger partial charge in [-0.15, -0.1) is 5.10 Å². The molecule has 0 aliphatic heterocycles. The van der Waals surface area contributed by atoms with Crippen LogP contribution in [-0.4, -0.2) is 14.8 Å². The second kappa shape index (κ2) is 4.24. The molecule has 0 radical (unpaired) electrons. The van der Waals surface area contributed by atoms with Crippen molar-refractivity contribution in [3.8, 4) is 0 Å². The van der Waals surface area contributed by atoms with E-state index in [1.807, 2.05) is 0 Å². The van der Waals surface area contributed by atoms with E-state index < -0.39 is 0 Å². The molecule has 3 nitrogen and oxygen atoms in total. The van der Waals surface area contributed by atoms with E-state index in [1.165, 1.54) is 10.9 Å². The number of rotatable bonds is 3. The maximum absolute atomic E-state index is 4.25. The Hall–Kier alpha value is -1.38. The van der Waals surface area contributed by atoms with Crippen molar-refractivity contribution in [3.05, 3.63) is 24.0 Å². The first kappa shape index (κ1) is 11.1. The Morgan fingerprint density at radius 2 is 2.00 bits per heavy atom. The first-order chi connectivity index (χ1) is 7.59. The fraction of sp³-hybridized carbons (Fsp3) is 0.538.